The number of carboxylic acid groups (broad SMARTS) is 1. The predicted octanol–water partition coefficient (Wildman–Crippen LogP) is 1.91. The second kappa shape index (κ2) is 9.84. The minimum Gasteiger partial charge on any atom is -0.479 e. The molecule has 0 radical (unpaired) electrons. The zero-order valence-electron chi connectivity index (χ0n) is 16.8. The number of carboxylic acids is 1. The number of hydrogen-bond acceptors (Lipinski definition) is 5. The van der Waals surface area contributed by atoms with E-state index in [-0.39, 0.29) is 31.9 Å². The summed E-state index contributed by atoms with van der Waals surface area (Å²) in [5, 5.41) is 30.8. The van der Waals surface area contributed by atoms with E-state index < -0.39 is 30.2 Å². The van der Waals surface area contributed by atoms with E-state index in [1.165, 1.54) is 6.92 Å². The third-order valence-corrected chi connectivity index (χ3v) is 5.40. The molecule has 0 spiro atoms. The van der Waals surface area contributed by atoms with Crippen LogP contribution in [0.2, 0.25) is 0 Å². The van der Waals surface area contributed by atoms with Gasteiger partial charge in [0, 0.05) is 18.9 Å². The summed E-state index contributed by atoms with van der Waals surface area (Å²) < 4.78 is 5.75. The van der Waals surface area contributed by atoms with Crippen molar-refractivity contribution < 1.29 is 29.6 Å². The lowest BCUT2D eigenvalue weighted by Gasteiger charge is -2.19. The molecule has 7 heteroatoms. The maximum atomic E-state index is 11.9. The van der Waals surface area contributed by atoms with Gasteiger partial charge in [-0.05, 0) is 35.6 Å². The molecule has 30 heavy (non-hydrogen) atoms. The Bertz CT molecular complexity index is 851. The van der Waals surface area contributed by atoms with Crippen LogP contribution in [-0.4, -0.2) is 58.7 Å². The van der Waals surface area contributed by atoms with Gasteiger partial charge in [-0.15, -0.1) is 0 Å². The van der Waals surface area contributed by atoms with Crippen LogP contribution < -0.4 is 5.32 Å². The van der Waals surface area contributed by atoms with Crippen LogP contribution in [0.3, 0.4) is 0 Å². The van der Waals surface area contributed by atoms with Crippen LogP contribution in [0.25, 0.3) is 11.1 Å². The van der Waals surface area contributed by atoms with Crippen LogP contribution in [0.4, 0.5) is 0 Å². The summed E-state index contributed by atoms with van der Waals surface area (Å²) in [5.41, 5.74) is 4.47. The highest BCUT2D eigenvalue weighted by Crippen LogP contribution is 2.44. The molecule has 0 aliphatic heterocycles. The van der Waals surface area contributed by atoms with Crippen LogP contribution in [0.5, 0.6) is 0 Å². The lowest BCUT2D eigenvalue weighted by molar-refractivity contribution is -0.151. The van der Waals surface area contributed by atoms with Crippen molar-refractivity contribution in [3.63, 3.8) is 0 Å². The van der Waals surface area contributed by atoms with E-state index in [9.17, 15) is 24.9 Å². The predicted molar refractivity (Wildman–Crippen MR) is 111 cm³/mol. The molecular formula is C23H27NO6. The molecule has 1 aliphatic rings. The third kappa shape index (κ3) is 5.05. The molecule has 0 bridgehead atoms. The van der Waals surface area contributed by atoms with Crippen molar-refractivity contribution in [2.24, 2.45) is 0 Å². The first kappa shape index (κ1) is 22.0. The summed E-state index contributed by atoms with van der Waals surface area (Å²) in [5.74, 6) is -1.58. The number of carbonyl (C=O) groups excluding carboxylic acids is 1. The van der Waals surface area contributed by atoms with Gasteiger partial charge < -0.3 is 25.4 Å². The molecule has 2 aromatic carbocycles. The summed E-state index contributed by atoms with van der Waals surface area (Å²) in [6.45, 7) is 1.53. The van der Waals surface area contributed by atoms with E-state index in [1.54, 1.807) is 0 Å². The van der Waals surface area contributed by atoms with Gasteiger partial charge in [0.05, 0.1) is 18.8 Å². The Hall–Kier alpha value is -2.74. The van der Waals surface area contributed by atoms with Crippen LogP contribution in [0, 0.1) is 0 Å². The van der Waals surface area contributed by atoms with E-state index in [0.717, 1.165) is 22.3 Å². The van der Waals surface area contributed by atoms with Gasteiger partial charge in [-0.2, -0.15) is 0 Å². The van der Waals surface area contributed by atoms with E-state index >= 15 is 0 Å². The topological polar surface area (TPSA) is 116 Å². The summed E-state index contributed by atoms with van der Waals surface area (Å²) in [6.07, 6.45) is -3.18. The molecule has 2 aromatic rings. The van der Waals surface area contributed by atoms with Gasteiger partial charge in [0.2, 0.25) is 5.91 Å². The summed E-state index contributed by atoms with van der Waals surface area (Å²) in [7, 11) is 0. The fourth-order valence-corrected chi connectivity index (χ4v) is 3.67. The first-order chi connectivity index (χ1) is 14.4. The number of carbonyl (C=O) groups is 2. The van der Waals surface area contributed by atoms with E-state index in [4.69, 9.17) is 4.74 Å². The largest absolute Gasteiger partial charge is 0.479 e. The number of aliphatic hydroxyl groups is 2. The molecule has 0 heterocycles. The molecule has 3 rings (SSSR count). The molecule has 0 saturated heterocycles. The number of nitrogens with one attached hydrogen (secondary N) is 1. The molecule has 1 amide bonds. The van der Waals surface area contributed by atoms with Crippen LogP contribution in [0.15, 0.2) is 48.5 Å². The van der Waals surface area contributed by atoms with Crippen molar-refractivity contribution in [1.82, 2.24) is 5.32 Å². The average molecular weight is 413 g/mol. The van der Waals surface area contributed by atoms with Gasteiger partial charge in [0.25, 0.3) is 0 Å². The second-order valence-corrected chi connectivity index (χ2v) is 7.54. The molecule has 4 N–H and O–H groups in total. The Morgan fingerprint density at radius 2 is 1.60 bits per heavy atom. The maximum Gasteiger partial charge on any atom is 0.332 e. The van der Waals surface area contributed by atoms with Crippen molar-refractivity contribution in [3.05, 3.63) is 59.7 Å². The first-order valence-corrected chi connectivity index (χ1v) is 10.0. The number of benzene rings is 2. The SMILES string of the molecule is CC(O)C(O)CNC(=O)CCC(OCC1c2ccccc2-c2ccccc21)C(=O)O. The van der Waals surface area contributed by atoms with Crippen molar-refractivity contribution in [3.8, 4) is 11.1 Å². The average Bonchev–Trinajstić information content (AvgIpc) is 3.05. The van der Waals surface area contributed by atoms with Crippen molar-refractivity contribution in [2.45, 2.75) is 44.0 Å². The Morgan fingerprint density at radius 3 is 2.13 bits per heavy atom. The lowest BCUT2D eigenvalue weighted by atomic mass is 9.98. The highest BCUT2D eigenvalue weighted by molar-refractivity contribution is 5.79. The first-order valence-electron chi connectivity index (χ1n) is 10.0. The number of hydrogen-bond donors (Lipinski definition) is 4. The third-order valence-electron chi connectivity index (χ3n) is 5.40. The summed E-state index contributed by atoms with van der Waals surface area (Å²) in [6, 6.07) is 16.0. The highest BCUT2D eigenvalue weighted by atomic mass is 16.5. The molecular weight excluding hydrogens is 386 g/mol. The number of aliphatic hydroxyl groups excluding tert-OH is 2. The normalized spacial score (nSPS) is 15.7. The van der Waals surface area contributed by atoms with E-state index in [0.29, 0.717) is 0 Å². The Labute approximate surface area is 175 Å². The smallest absolute Gasteiger partial charge is 0.332 e. The van der Waals surface area contributed by atoms with Crippen molar-refractivity contribution in [1.29, 1.82) is 0 Å². The zero-order valence-corrected chi connectivity index (χ0v) is 16.8. The maximum absolute atomic E-state index is 11.9. The van der Waals surface area contributed by atoms with E-state index in [2.05, 4.69) is 17.4 Å². The molecule has 160 valence electrons. The number of amides is 1. The second-order valence-electron chi connectivity index (χ2n) is 7.54. The van der Waals surface area contributed by atoms with Gasteiger partial charge in [-0.3, -0.25) is 4.79 Å². The Morgan fingerprint density at radius 1 is 1.03 bits per heavy atom. The molecule has 7 nitrogen and oxygen atoms in total. The Kier molecular flexibility index (Phi) is 7.20. The number of ether oxygens (including phenoxy) is 1. The minimum atomic E-state index is -1.12. The van der Waals surface area contributed by atoms with E-state index in [1.807, 2.05) is 36.4 Å². The molecule has 1 aliphatic carbocycles. The molecule has 0 aromatic heterocycles. The molecule has 3 unspecified atom stereocenters. The van der Waals surface area contributed by atoms with Gasteiger partial charge in [0.15, 0.2) is 6.10 Å². The molecule has 0 fully saturated rings. The molecule has 0 saturated carbocycles. The quantitative estimate of drug-likeness (QED) is 0.473. The van der Waals surface area contributed by atoms with Crippen LogP contribution in [-0.2, 0) is 14.3 Å². The monoisotopic (exact) mass is 413 g/mol. The summed E-state index contributed by atoms with van der Waals surface area (Å²) >= 11 is 0. The van der Waals surface area contributed by atoms with Crippen molar-refractivity contribution >= 4 is 11.9 Å². The van der Waals surface area contributed by atoms with Gasteiger partial charge in [-0.1, -0.05) is 48.5 Å². The lowest BCUT2D eigenvalue weighted by Crippen LogP contribution is -2.38. The molecule has 3 atom stereocenters. The number of rotatable bonds is 10. The standard InChI is InChI=1S/C23H27NO6/c1-14(25)20(26)12-24-22(27)11-10-21(23(28)29)30-13-19-17-8-4-2-6-15(17)16-7-3-5-9-18(16)19/h2-9,14,19-21,25-26H,10-13H2,1H3,(H,24,27)(H,28,29). The van der Waals surface area contributed by atoms with Crippen LogP contribution in [0.1, 0.15) is 36.8 Å². The zero-order chi connectivity index (χ0) is 21.7. The minimum absolute atomic E-state index is 0.0158. The highest BCUT2D eigenvalue weighted by Gasteiger charge is 2.30. The van der Waals surface area contributed by atoms with Gasteiger partial charge in [0.1, 0.15) is 0 Å². The van der Waals surface area contributed by atoms with Gasteiger partial charge >= 0.3 is 5.97 Å². The summed E-state index contributed by atoms with van der Waals surface area (Å²) in [4.78, 5) is 23.6. The fraction of sp³-hybridized carbons (Fsp3) is 0.391. The van der Waals surface area contributed by atoms with Crippen molar-refractivity contribution in [2.75, 3.05) is 13.2 Å². The van der Waals surface area contributed by atoms with Crippen LogP contribution >= 0.6 is 0 Å². The Balaban J connectivity index is 1.59. The van der Waals surface area contributed by atoms with Gasteiger partial charge in [-0.25, -0.2) is 4.79 Å². The number of fused-ring (bicyclic) bond motifs is 3. The fourth-order valence-electron chi connectivity index (χ4n) is 3.67. The number of aliphatic carboxylic acids is 1.